The molecule has 2 N–H and O–H groups in total. The average molecular weight is 480 g/mol. The van der Waals surface area contributed by atoms with E-state index in [0.29, 0.717) is 11.5 Å². The summed E-state index contributed by atoms with van der Waals surface area (Å²) in [5.41, 5.74) is 2.68. The molecule has 2 rings (SSSR count). The third-order valence-corrected chi connectivity index (χ3v) is 5.63. The number of ether oxygens (including phenoxy) is 1. The molecule has 0 spiro atoms. The molecular formula is C25H38BKN2O4-2. The summed E-state index contributed by atoms with van der Waals surface area (Å²) in [6, 6.07) is 0.0639. The molecule has 1 saturated heterocycles. The summed E-state index contributed by atoms with van der Waals surface area (Å²) >= 11 is 0. The van der Waals surface area contributed by atoms with Crippen LogP contribution < -0.4 is 51.4 Å². The Morgan fingerprint density at radius 1 is 1.30 bits per heavy atom. The number of nitrogens with zero attached hydrogens (tertiary/aromatic N) is 2. The van der Waals surface area contributed by atoms with Crippen LogP contribution in [0, 0.1) is 19.4 Å². The summed E-state index contributed by atoms with van der Waals surface area (Å²) in [5.74, 6) is 0.295. The van der Waals surface area contributed by atoms with E-state index in [2.05, 4.69) is 23.6 Å². The molecule has 1 unspecified atom stereocenters. The molecule has 0 amide bonds. The van der Waals surface area contributed by atoms with Crippen LogP contribution in [0.3, 0.4) is 0 Å². The topological polar surface area (TPSA) is 92.3 Å². The second-order valence-electron chi connectivity index (χ2n) is 7.39. The van der Waals surface area contributed by atoms with Crippen molar-refractivity contribution in [1.29, 1.82) is 0 Å². The quantitative estimate of drug-likeness (QED) is 0.177. The molecule has 1 heterocycles. The van der Waals surface area contributed by atoms with Gasteiger partial charge in [0.1, 0.15) is 0 Å². The van der Waals surface area contributed by atoms with Crippen LogP contribution in [0.1, 0.15) is 46.5 Å². The molecule has 0 bridgehead atoms. The van der Waals surface area contributed by atoms with E-state index in [4.69, 9.17) is 10.1 Å². The van der Waals surface area contributed by atoms with E-state index in [0.717, 1.165) is 50.6 Å². The molecule has 6 nitrogen and oxygen atoms in total. The largest absolute Gasteiger partial charge is 1.00 e. The minimum absolute atomic E-state index is 0. The molecule has 33 heavy (non-hydrogen) atoms. The van der Waals surface area contributed by atoms with Gasteiger partial charge in [0.25, 0.3) is 0 Å². The number of hydrogen-bond acceptors (Lipinski definition) is 5. The summed E-state index contributed by atoms with van der Waals surface area (Å²) < 4.78 is 4.79. The number of rotatable bonds is 8. The number of hydrogen-bond donors (Lipinski definition) is 2. The predicted octanol–water partition coefficient (Wildman–Crippen LogP) is 0.881. The maximum atomic E-state index is 11.6. The smallest absolute Gasteiger partial charge is 0.811 e. The Kier molecular flexibility index (Phi) is 19.6. The zero-order chi connectivity index (χ0) is 23.4. The van der Waals surface area contributed by atoms with Gasteiger partial charge in [-0.3, -0.25) is 6.08 Å². The molecule has 2 aliphatic rings. The molecule has 0 aromatic heterocycles. The van der Waals surface area contributed by atoms with Gasteiger partial charge >= 0.3 is 64.5 Å². The molecule has 0 aromatic carbocycles. The number of piperidine rings is 1. The van der Waals surface area contributed by atoms with Gasteiger partial charge in [0.2, 0.25) is 0 Å². The molecule has 0 radical (unpaired) electrons. The van der Waals surface area contributed by atoms with E-state index in [1.165, 1.54) is 18.8 Å². The van der Waals surface area contributed by atoms with Crippen molar-refractivity contribution in [2.75, 3.05) is 20.2 Å². The monoisotopic (exact) mass is 480 g/mol. The Balaban J connectivity index is 0. The van der Waals surface area contributed by atoms with Crippen LogP contribution in [-0.2, 0) is 9.53 Å². The van der Waals surface area contributed by atoms with Crippen molar-refractivity contribution in [2.24, 2.45) is 5.92 Å². The number of likely N-dealkylation sites (tertiary alicyclic amines) is 1. The van der Waals surface area contributed by atoms with Crippen molar-refractivity contribution in [3.8, 4) is 0 Å². The van der Waals surface area contributed by atoms with Gasteiger partial charge in [-0.1, -0.05) is 44.0 Å². The first-order chi connectivity index (χ1) is 14.9. The van der Waals surface area contributed by atoms with Crippen molar-refractivity contribution >= 4 is 19.3 Å². The first-order valence-electron chi connectivity index (χ1n) is 10.9. The predicted molar refractivity (Wildman–Crippen MR) is 134 cm³/mol. The molecule has 0 saturated carbocycles. The zero-order valence-electron chi connectivity index (χ0n) is 21.2. The summed E-state index contributed by atoms with van der Waals surface area (Å²) in [4.78, 5) is 13.9. The number of carbonyl (C=O) groups is 1. The van der Waals surface area contributed by atoms with Gasteiger partial charge in [-0.15, -0.1) is 6.08 Å². The minimum atomic E-state index is -1.70. The van der Waals surface area contributed by atoms with E-state index in [9.17, 15) is 14.8 Å². The molecule has 0 aromatic rings. The fourth-order valence-electron chi connectivity index (χ4n) is 3.80. The van der Waals surface area contributed by atoms with Crippen LogP contribution in [-0.4, -0.2) is 60.5 Å². The van der Waals surface area contributed by atoms with Crippen molar-refractivity contribution < 1.29 is 71.0 Å². The van der Waals surface area contributed by atoms with Crippen LogP contribution in [0.2, 0.25) is 0 Å². The van der Waals surface area contributed by atoms with Crippen molar-refractivity contribution in [3.63, 3.8) is 0 Å². The maximum Gasteiger partial charge on any atom is 1.00 e. The van der Waals surface area contributed by atoms with Crippen LogP contribution in [0.25, 0.3) is 5.41 Å². The maximum absolute atomic E-state index is 11.6. The Labute approximate surface area is 243 Å². The van der Waals surface area contributed by atoms with Crippen LogP contribution in [0.5, 0.6) is 0 Å². The Morgan fingerprint density at radius 3 is 2.36 bits per heavy atom. The first-order valence-corrected chi connectivity index (χ1v) is 10.9. The number of esters is 1. The summed E-state index contributed by atoms with van der Waals surface area (Å²) in [6.07, 6.45) is 14.6. The fourth-order valence-corrected chi connectivity index (χ4v) is 3.80. The third-order valence-electron chi connectivity index (χ3n) is 5.63. The molecular weight excluding hydrogens is 442 g/mol. The first kappa shape index (κ1) is 34.6. The van der Waals surface area contributed by atoms with Gasteiger partial charge < -0.3 is 32.5 Å². The second-order valence-corrected chi connectivity index (χ2v) is 7.39. The SMILES string of the molecule is C=C(C=[C-]C(C)N1CCC(C2=CC=C(C(=O)OC)CC2)CC1)/C(=C\C=[N-])B(O)O.CC.[CH3-].[K+]. The van der Waals surface area contributed by atoms with Gasteiger partial charge in [-0.05, 0) is 50.7 Å². The van der Waals surface area contributed by atoms with Crippen LogP contribution >= 0.6 is 0 Å². The molecule has 1 aliphatic carbocycles. The summed E-state index contributed by atoms with van der Waals surface area (Å²) in [5, 5.41) is 27.6. The molecule has 8 heteroatoms. The van der Waals surface area contributed by atoms with Gasteiger partial charge in [0.05, 0.1) is 7.11 Å². The molecule has 178 valence electrons. The second kappa shape index (κ2) is 18.7. The van der Waals surface area contributed by atoms with E-state index in [1.807, 2.05) is 26.8 Å². The van der Waals surface area contributed by atoms with E-state index < -0.39 is 7.12 Å². The summed E-state index contributed by atoms with van der Waals surface area (Å²) in [6.45, 7) is 11.7. The van der Waals surface area contributed by atoms with Crippen LogP contribution in [0.15, 0.2) is 53.1 Å². The van der Waals surface area contributed by atoms with E-state index in [-0.39, 0.29) is 76.3 Å². The Bertz CT molecular complexity index is 752. The molecule has 1 fully saturated rings. The van der Waals surface area contributed by atoms with Gasteiger partial charge in [0, 0.05) is 5.57 Å². The minimum Gasteiger partial charge on any atom is -0.811 e. The Hall–Kier alpha value is -0.579. The van der Waals surface area contributed by atoms with Gasteiger partial charge in [-0.25, -0.2) is 10.9 Å². The average Bonchev–Trinajstić information content (AvgIpc) is 2.81. The fraction of sp³-hybridized carbons (Fsp3) is 0.480. The van der Waals surface area contributed by atoms with Crippen molar-refractivity contribution in [1.82, 2.24) is 4.90 Å². The number of methoxy groups -OCH3 is 1. The molecule has 1 aliphatic heterocycles. The number of allylic oxidation sites excluding steroid dienone is 7. The summed E-state index contributed by atoms with van der Waals surface area (Å²) in [7, 11) is -0.290. The van der Waals surface area contributed by atoms with Crippen molar-refractivity contribution in [3.05, 3.63) is 72.0 Å². The third kappa shape index (κ3) is 11.1. The molecule has 1 atom stereocenters. The van der Waals surface area contributed by atoms with Gasteiger partial charge in [0.15, 0.2) is 0 Å². The number of carbonyl (C=O) groups excluding carboxylic acids is 1. The normalized spacial score (nSPS) is 17.8. The zero-order valence-corrected chi connectivity index (χ0v) is 24.3. The Morgan fingerprint density at radius 2 is 1.91 bits per heavy atom. The van der Waals surface area contributed by atoms with E-state index in [1.54, 1.807) is 6.08 Å². The van der Waals surface area contributed by atoms with Crippen molar-refractivity contribution in [2.45, 2.75) is 52.5 Å². The standard InChI is InChI=1S/C22H29BN2O4.C2H6.CH3.K/c1-16(21(10-13-24)23(27)28)4-5-17(2)25-14-11-19(12-15-25)18-6-8-20(9-7-18)22(26)29-3;1-2;;/h4,6,8,10,13,17,19,27-28H,1,7,9,11-12,14-15H2,2-3H3;1-2H3;1H3;/q-2;;-1;+1/b21-10+;;;. The van der Waals surface area contributed by atoms with Crippen LogP contribution in [0.4, 0.5) is 0 Å². The van der Waals surface area contributed by atoms with E-state index >= 15 is 0 Å². The van der Waals surface area contributed by atoms with Gasteiger partial charge in [-0.2, -0.15) is 18.4 Å².